The SMILES string of the molecule is CCCCCCCCS(=O)(=O)Oc1ccc(-c2nc3cc(C)ccn3c2NC(C)(C)CC(C)(C)C)cc1OC. The summed E-state index contributed by atoms with van der Waals surface area (Å²) in [7, 11) is -2.21. The minimum absolute atomic E-state index is 0.00720. The number of hydrogen-bond acceptors (Lipinski definition) is 6. The maximum Gasteiger partial charge on any atom is 0.309 e. The molecule has 216 valence electrons. The summed E-state index contributed by atoms with van der Waals surface area (Å²) in [5, 5.41) is 3.75. The highest BCUT2D eigenvalue weighted by Gasteiger charge is 2.28. The predicted molar refractivity (Wildman–Crippen MR) is 161 cm³/mol. The summed E-state index contributed by atoms with van der Waals surface area (Å²) in [6, 6.07) is 9.41. The summed E-state index contributed by atoms with van der Waals surface area (Å²) in [4.78, 5) is 4.96. The maximum atomic E-state index is 12.7. The molecule has 1 aromatic carbocycles. The largest absolute Gasteiger partial charge is 0.493 e. The van der Waals surface area contributed by atoms with Crippen molar-refractivity contribution in [3.63, 3.8) is 0 Å². The van der Waals surface area contributed by atoms with Gasteiger partial charge in [0.1, 0.15) is 17.2 Å². The van der Waals surface area contributed by atoms with E-state index in [2.05, 4.69) is 63.4 Å². The van der Waals surface area contributed by atoms with Gasteiger partial charge in [0, 0.05) is 17.3 Å². The lowest BCUT2D eigenvalue weighted by Gasteiger charge is -2.34. The first-order chi connectivity index (χ1) is 18.2. The van der Waals surface area contributed by atoms with E-state index in [1.807, 2.05) is 19.2 Å². The quantitative estimate of drug-likeness (QED) is 0.160. The summed E-state index contributed by atoms with van der Waals surface area (Å²) >= 11 is 0. The van der Waals surface area contributed by atoms with Crippen LogP contribution in [0.3, 0.4) is 0 Å². The normalized spacial score (nSPS) is 12.6. The second-order valence-electron chi connectivity index (χ2n) is 12.5. The van der Waals surface area contributed by atoms with E-state index >= 15 is 0 Å². The molecule has 1 N–H and O–H groups in total. The Morgan fingerprint density at radius 1 is 0.949 bits per heavy atom. The minimum Gasteiger partial charge on any atom is -0.493 e. The van der Waals surface area contributed by atoms with Gasteiger partial charge in [-0.3, -0.25) is 4.40 Å². The van der Waals surface area contributed by atoms with Crippen molar-refractivity contribution >= 4 is 21.6 Å². The summed E-state index contributed by atoms with van der Waals surface area (Å²) < 4.78 is 38.5. The Kier molecular flexibility index (Phi) is 9.97. The van der Waals surface area contributed by atoms with Crippen molar-refractivity contribution in [1.82, 2.24) is 9.38 Å². The molecule has 7 nitrogen and oxygen atoms in total. The van der Waals surface area contributed by atoms with E-state index < -0.39 is 10.1 Å². The van der Waals surface area contributed by atoms with Gasteiger partial charge in [0.25, 0.3) is 0 Å². The average Bonchev–Trinajstić information content (AvgIpc) is 3.16. The summed E-state index contributed by atoms with van der Waals surface area (Å²) in [5.41, 5.74) is 3.46. The number of hydrogen-bond donors (Lipinski definition) is 1. The number of aromatic nitrogens is 2. The van der Waals surface area contributed by atoms with Crippen LogP contribution in [0.15, 0.2) is 36.5 Å². The molecule has 0 bridgehead atoms. The van der Waals surface area contributed by atoms with Gasteiger partial charge < -0.3 is 14.2 Å². The van der Waals surface area contributed by atoms with Crippen molar-refractivity contribution in [3.05, 3.63) is 42.1 Å². The van der Waals surface area contributed by atoms with E-state index in [1.165, 1.54) is 13.5 Å². The van der Waals surface area contributed by atoms with Gasteiger partial charge in [-0.1, -0.05) is 59.8 Å². The minimum atomic E-state index is -3.72. The molecule has 0 spiro atoms. The summed E-state index contributed by atoms with van der Waals surface area (Å²) in [6.45, 7) is 15.3. The second-order valence-corrected chi connectivity index (χ2v) is 14.2. The number of anilines is 1. The Morgan fingerprint density at radius 3 is 2.31 bits per heavy atom. The Bertz CT molecular complexity index is 1350. The predicted octanol–water partition coefficient (Wildman–Crippen LogP) is 8.01. The van der Waals surface area contributed by atoms with E-state index in [1.54, 1.807) is 12.1 Å². The van der Waals surface area contributed by atoms with Crippen LogP contribution in [0.5, 0.6) is 11.5 Å². The lowest BCUT2D eigenvalue weighted by Crippen LogP contribution is -2.36. The smallest absolute Gasteiger partial charge is 0.309 e. The molecule has 3 rings (SSSR count). The van der Waals surface area contributed by atoms with Crippen molar-refractivity contribution in [2.45, 2.75) is 99.0 Å². The monoisotopic (exact) mass is 557 g/mol. The van der Waals surface area contributed by atoms with Crippen LogP contribution in [0, 0.1) is 12.3 Å². The summed E-state index contributed by atoms with van der Waals surface area (Å²) in [5.74, 6) is 1.42. The van der Waals surface area contributed by atoms with Crippen LogP contribution in [0.4, 0.5) is 5.82 Å². The zero-order valence-electron chi connectivity index (χ0n) is 25.1. The lowest BCUT2D eigenvalue weighted by atomic mass is 9.82. The number of methoxy groups -OCH3 is 1. The second kappa shape index (κ2) is 12.6. The Labute approximate surface area is 235 Å². The standard InChI is InChI=1S/C31H47N3O4S/c1-9-10-11-12-13-14-19-39(35,36)38-25-16-15-24(21-26(25)37-8)28-29(33-31(6,7)22-30(3,4)5)34-18-17-23(2)20-27(34)32-28/h15-18,20-21,33H,9-14,19,22H2,1-8H3. The maximum absolute atomic E-state index is 12.7. The first-order valence-electron chi connectivity index (χ1n) is 14.1. The van der Waals surface area contributed by atoms with Crippen LogP contribution >= 0.6 is 0 Å². The molecule has 39 heavy (non-hydrogen) atoms. The molecule has 2 aromatic heterocycles. The fourth-order valence-electron chi connectivity index (χ4n) is 5.28. The van der Waals surface area contributed by atoms with Crippen LogP contribution in [0.1, 0.15) is 92.1 Å². The number of fused-ring (bicyclic) bond motifs is 1. The van der Waals surface area contributed by atoms with Crippen molar-refractivity contribution in [1.29, 1.82) is 0 Å². The fraction of sp³-hybridized carbons (Fsp3) is 0.581. The van der Waals surface area contributed by atoms with E-state index in [9.17, 15) is 8.42 Å². The highest BCUT2D eigenvalue weighted by molar-refractivity contribution is 7.87. The van der Waals surface area contributed by atoms with Crippen molar-refractivity contribution in [2.24, 2.45) is 5.41 Å². The highest BCUT2D eigenvalue weighted by atomic mass is 32.2. The average molecular weight is 558 g/mol. The number of aryl methyl sites for hydroxylation is 1. The number of unbranched alkanes of at least 4 members (excludes halogenated alkanes) is 5. The summed E-state index contributed by atoms with van der Waals surface area (Å²) in [6.07, 6.45) is 8.98. The van der Waals surface area contributed by atoms with Crippen molar-refractivity contribution in [2.75, 3.05) is 18.2 Å². The number of nitrogens with one attached hydrogen (secondary N) is 1. The first-order valence-corrected chi connectivity index (χ1v) is 15.7. The van der Waals surface area contributed by atoms with Gasteiger partial charge in [0.05, 0.1) is 12.9 Å². The third-order valence-corrected chi connectivity index (χ3v) is 7.83. The third-order valence-electron chi connectivity index (χ3n) is 6.61. The molecule has 0 saturated heterocycles. The first kappa shape index (κ1) is 30.8. The molecule has 0 saturated carbocycles. The molecule has 0 fully saturated rings. The Morgan fingerprint density at radius 2 is 1.64 bits per heavy atom. The molecule has 8 heteroatoms. The number of rotatable bonds is 14. The zero-order chi connectivity index (χ0) is 28.8. The van der Waals surface area contributed by atoms with Gasteiger partial charge in [-0.05, 0) is 74.9 Å². The van der Waals surface area contributed by atoms with E-state index in [0.717, 1.165) is 60.4 Å². The molecule has 0 radical (unpaired) electrons. The molecule has 0 aliphatic heterocycles. The van der Waals surface area contributed by atoms with Crippen LogP contribution in [0.2, 0.25) is 0 Å². The van der Waals surface area contributed by atoms with E-state index in [-0.39, 0.29) is 22.5 Å². The molecule has 0 unspecified atom stereocenters. The van der Waals surface area contributed by atoms with E-state index in [4.69, 9.17) is 13.9 Å². The molecule has 2 heterocycles. The molecule has 3 aromatic rings. The number of benzene rings is 1. The number of ether oxygens (including phenoxy) is 1. The van der Waals surface area contributed by atoms with Gasteiger partial charge in [-0.2, -0.15) is 8.42 Å². The zero-order valence-corrected chi connectivity index (χ0v) is 25.9. The van der Waals surface area contributed by atoms with Crippen molar-refractivity contribution < 1.29 is 17.3 Å². The lowest BCUT2D eigenvalue weighted by molar-refractivity contribution is 0.302. The third kappa shape index (κ3) is 8.88. The Balaban J connectivity index is 1.90. The number of pyridine rings is 1. The van der Waals surface area contributed by atoms with Crippen LogP contribution in [-0.2, 0) is 10.1 Å². The molecular weight excluding hydrogens is 510 g/mol. The fourth-order valence-corrected chi connectivity index (χ4v) is 6.33. The van der Waals surface area contributed by atoms with Gasteiger partial charge in [0.2, 0.25) is 0 Å². The highest BCUT2D eigenvalue weighted by Crippen LogP contribution is 2.38. The molecular formula is C31H47N3O4S. The van der Waals surface area contributed by atoms with Crippen LogP contribution < -0.4 is 14.2 Å². The molecule has 0 amide bonds. The van der Waals surface area contributed by atoms with Gasteiger partial charge in [0.15, 0.2) is 11.5 Å². The van der Waals surface area contributed by atoms with Gasteiger partial charge in [-0.15, -0.1) is 0 Å². The van der Waals surface area contributed by atoms with Gasteiger partial charge >= 0.3 is 10.1 Å². The molecule has 0 aliphatic rings. The van der Waals surface area contributed by atoms with Gasteiger partial charge in [-0.25, -0.2) is 4.98 Å². The molecule has 0 aliphatic carbocycles. The van der Waals surface area contributed by atoms with Crippen LogP contribution in [-0.4, -0.2) is 36.2 Å². The van der Waals surface area contributed by atoms with Crippen molar-refractivity contribution in [3.8, 4) is 22.8 Å². The molecule has 0 atom stereocenters. The van der Waals surface area contributed by atoms with E-state index in [0.29, 0.717) is 12.2 Å². The topological polar surface area (TPSA) is 81.9 Å². The van der Waals surface area contributed by atoms with Crippen LogP contribution in [0.25, 0.3) is 16.9 Å². The number of nitrogens with zero attached hydrogens (tertiary/aromatic N) is 2. The number of imidazole rings is 1. The Hall–Kier alpha value is -2.74.